The first-order valence-corrected chi connectivity index (χ1v) is 6.05. The second kappa shape index (κ2) is 4.61. The summed E-state index contributed by atoms with van der Waals surface area (Å²) >= 11 is 1.71. The molecule has 0 saturated carbocycles. The molecular formula is C12H14N2OS. The van der Waals surface area contributed by atoms with E-state index in [9.17, 15) is 0 Å². The van der Waals surface area contributed by atoms with Crippen molar-refractivity contribution in [1.82, 2.24) is 5.16 Å². The summed E-state index contributed by atoms with van der Waals surface area (Å²) < 4.78 is 5.15. The zero-order valence-corrected chi connectivity index (χ0v) is 10.2. The van der Waals surface area contributed by atoms with Gasteiger partial charge in [0, 0.05) is 16.6 Å². The van der Waals surface area contributed by atoms with Crippen LogP contribution in [0.1, 0.15) is 17.0 Å². The van der Waals surface area contributed by atoms with Gasteiger partial charge < -0.3 is 10.3 Å². The Kier molecular flexibility index (Phi) is 3.19. The van der Waals surface area contributed by atoms with Gasteiger partial charge in [0.1, 0.15) is 5.76 Å². The number of aromatic nitrogens is 1. The number of nitrogen functional groups attached to an aromatic ring is 1. The van der Waals surface area contributed by atoms with Gasteiger partial charge in [-0.05, 0) is 31.5 Å². The molecule has 1 aromatic carbocycles. The van der Waals surface area contributed by atoms with Crippen molar-refractivity contribution in [2.24, 2.45) is 0 Å². The molecule has 2 aromatic rings. The third kappa shape index (κ3) is 2.58. The van der Waals surface area contributed by atoms with Crippen LogP contribution < -0.4 is 5.73 Å². The molecule has 0 amide bonds. The highest BCUT2D eigenvalue weighted by Gasteiger charge is 2.04. The van der Waals surface area contributed by atoms with Crippen LogP contribution in [0.2, 0.25) is 0 Å². The van der Waals surface area contributed by atoms with E-state index in [1.165, 1.54) is 10.5 Å². The molecule has 16 heavy (non-hydrogen) atoms. The molecule has 0 radical (unpaired) electrons. The summed E-state index contributed by atoms with van der Waals surface area (Å²) in [5.41, 5.74) is 8.69. The standard InChI is InChI=1S/C12H14N2OS/c1-8-3-4-10(13)6-12(8)16-7-11-5-9(2)14-15-11/h3-6H,7,13H2,1-2H3. The summed E-state index contributed by atoms with van der Waals surface area (Å²) in [6, 6.07) is 7.89. The van der Waals surface area contributed by atoms with Gasteiger partial charge in [-0.25, -0.2) is 0 Å². The molecule has 0 aliphatic carbocycles. The number of hydrogen-bond donors (Lipinski definition) is 1. The van der Waals surface area contributed by atoms with Crippen LogP contribution in [0.25, 0.3) is 0 Å². The summed E-state index contributed by atoms with van der Waals surface area (Å²) in [5, 5.41) is 3.86. The van der Waals surface area contributed by atoms with Crippen LogP contribution in [0.5, 0.6) is 0 Å². The second-order valence-electron chi connectivity index (χ2n) is 3.75. The zero-order valence-electron chi connectivity index (χ0n) is 9.36. The Bertz CT molecular complexity index is 494. The molecule has 0 aliphatic heterocycles. The van der Waals surface area contributed by atoms with E-state index in [-0.39, 0.29) is 0 Å². The lowest BCUT2D eigenvalue weighted by Gasteiger charge is -2.04. The Morgan fingerprint density at radius 1 is 1.31 bits per heavy atom. The molecule has 2 rings (SSSR count). The molecule has 0 bridgehead atoms. The van der Waals surface area contributed by atoms with Crippen molar-refractivity contribution in [2.75, 3.05) is 5.73 Å². The maximum Gasteiger partial charge on any atom is 0.147 e. The van der Waals surface area contributed by atoms with E-state index in [1.54, 1.807) is 11.8 Å². The summed E-state index contributed by atoms with van der Waals surface area (Å²) in [6.45, 7) is 4.00. The molecule has 4 heteroatoms. The molecule has 2 N–H and O–H groups in total. The average molecular weight is 234 g/mol. The molecule has 0 spiro atoms. The van der Waals surface area contributed by atoms with Gasteiger partial charge in [-0.2, -0.15) is 0 Å². The van der Waals surface area contributed by atoms with E-state index < -0.39 is 0 Å². The van der Waals surface area contributed by atoms with E-state index in [1.807, 2.05) is 31.2 Å². The number of aryl methyl sites for hydroxylation is 2. The molecule has 0 atom stereocenters. The van der Waals surface area contributed by atoms with Gasteiger partial charge >= 0.3 is 0 Å². The Morgan fingerprint density at radius 2 is 2.12 bits per heavy atom. The largest absolute Gasteiger partial charge is 0.399 e. The molecule has 0 saturated heterocycles. The van der Waals surface area contributed by atoms with E-state index in [0.717, 1.165) is 22.9 Å². The first-order chi connectivity index (χ1) is 7.65. The summed E-state index contributed by atoms with van der Waals surface area (Å²) in [5.74, 6) is 1.68. The number of nitrogens with two attached hydrogens (primary N) is 1. The first-order valence-electron chi connectivity index (χ1n) is 5.06. The van der Waals surface area contributed by atoms with Crippen LogP contribution in [0.4, 0.5) is 5.69 Å². The normalized spacial score (nSPS) is 10.6. The van der Waals surface area contributed by atoms with Gasteiger partial charge in [-0.1, -0.05) is 11.2 Å². The van der Waals surface area contributed by atoms with Crippen molar-refractivity contribution in [1.29, 1.82) is 0 Å². The van der Waals surface area contributed by atoms with Crippen LogP contribution in [0.15, 0.2) is 33.7 Å². The predicted octanol–water partition coefficient (Wildman–Crippen LogP) is 3.17. The molecular weight excluding hydrogens is 220 g/mol. The Labute approximate surface area is 99.0 Å². The van der Waals surface area contributed by atoms with Crippen molar-refractivity contribution in [3.8, 4) is 0 Å². The third-order valence-corrected chi connectivity index (χ3v) is 3.44. The van der Waals surface area contributed by atoms with Gasteiger partial charge in [0.15, 0.2) is 0 Å². The van der Waals surface area contributed by atoms with E-state index in [4.69, 9.17) is 10.3 Å². The summed E-state index contributed by atoms with van der Waals surface area (Å²) in [6.07, 6.45) is 0. The third-order valence-electron chi connectivity index (χ3n) is 2.26. The smallest absolute Gasteiger partial charge is 0.147 e. The van der Waals surface area contributed by atoms with E-state index in [2.05, 4.69) is 12.1 Å². The molecule has 0 fully saturated rings. The molecule has 1 aromatic heterocycles. The Morgan fingerprint density at radius 3 is 2.81 bits per heavy atom. The second-order valence-corrected chi connectivity index (χ2v) is 4.77. The minimum Gasteiger partial charge on any atom is -0.399 e. The molecule has 0 unspecified atom stereocenters. The minimum atomic E-state index is 0.783. The molecule has 1 heterocycles. The van der Waals surface area contributed by atoms with Crippen molar-refractivity contribution in [3.63, 3.8) is 0 Å². The monoisotopic (exact) mass is 234 g/mol. The number of thioether (sulfide) groups is 1. The molecule has 84 valence electrons. The highest BCUT2D eigenvalue weighted by molar-refractivity contribution is 7.98. The highest BCUT2D eigenvalue weighted by atomic mass is 32.2. The lowest BCUT2D eigenvalue weighted by Crippen LogP contribution is -1.87. The SMILES string of the molecule is Cc1cc(CSc2cc(N)ccc2C)on1. The lowest BCUT2D eigenvalue weighted by molar-refractivity contribution is 0.391. The summed E-state index contributed by atoms with van der Waals surface area (Å²) in [4.78, 5) is 1.19. The number of anilines is 1. The number of benzene rings is 1. The highest BCUT2D eigenvalue weighted by Crippen LogP contribution is 2.27. The minimum absolute atomic E-state index is 0.783. The quantitative estimate of drug-likeness (QED) is 0.654. The zero-order chi connectivity index (χ0) is 11.5. The van der Waals surface area contributed by atoms with Gasteiger partial charge in [0.05, 0.1) is 11.4 Å². The Balaban J connectivity index is 2.07. The van der Waals surface area contributed by atoms with Crippen LogP contribution >= 0.6 is 11.8 Å². The van der Waals surface area contributed by atoms with Crippen LogP contribution in [0, 0.1) is 13.8 Å². The number of nitrogens with zero attached hydrogens (tertiary/aromatic N) is 1. The van der Waals surface area contributed by atoms with Gasteiger partial charge in [0.25, 0.3) is 0 Å². The fourth-order valence-electron chi connectivity index (χ4n) is 1.41. The van der Waals surface area contributed by atoms with E-state index >= 15 is 0 Å². The fraction of sp³-hybridized carbons (Fsp3) is 0.250. The van der Waals surface area contributed by atoms with Gasteiger partial charge in [-0.15, -0.1) is 11.8 Å². The van der Waals surface area contributed by atoms with Gasteiger partial charge in [0.2, 0.25) is 0 Å². The fourth-order valence-corrected chi connectivity index (χ4v) is 2.35. The first kappa shape index (κ1) is 11.1. The lowest BCUT2D eigenvalue weighted by atomic mass is 10.2. The van der Waals surface area contributed by atoms with Crippen LogP contribution in [-0.4, -0.2) is 5.16 Å². The van der Waals surface area contributed by atoms with E-state index in [0.29, 0.717) is 0 Å². The average Bonchev–Trinajstić information content (AvgIpc) is 2.66. The van der Waals surface area contributed by atoms with Crippen molar-refractivity contribution < 1.29 is 4.52 Å². The maximum atomic E-state index is 5.75. The van der Waals surface area contributed by atoms with Crippen LogP contribution in [0.3, 0.4) is 0 Å². The molecule has 0 aliphatic rings. The summed E-state index contributed by atoms with van der Waals surface area (Å²) in [7, 11) is 0. The maximum absolute atomic E-state index is 5.75. The number of rotatable bonds is 3. The number of hydrogen-bond acceptors (Lipinski definition) is 4. The van der Waals surface area contributed by atoms with Crippen molar-refractivity contribution >= 4 is 17.4 Å². The topological polar surface area (TPSA) is 52.0 Å². The predicted molar refractivity (Wildman–Crippen MR) is 66.4 cm³/mol. The molecule has 3 nitrogen and oxygen atoms in total. The Hall–Kier alpha value is -1.42. The van der Waals surface area contributed by atoms with Crippen LogP contribution in [-0.2, 0) is 5.75 Å². The van der Waals surface area contributed by atoms with Crippen molar-refractivity contribution in [3.05, 3.63) is 41.3 Å². The van der Waals surface area contributed by atoms with Crippen molar-refractivity contribution in [2.45, 2.75) is 24.5 Å². The van der Waals surface area contributed by atoms with Gasteiger partial charge in [-0.3, -0.25) is 0 Å².